The van der Waals surface area contributed by atoms with Crippen LogP contribution in [0.15, 0.2) is 59.1 Å². The molecule has 0 bridgehead atoms. The Labute approximate surface area is 252 Å². The highest BCUT2D eigenvalue weighted by Crippen LogP contribution is 2.40. The van der Waals surface area contributed by atoms with Gasteiger partial charge in [-0.05, 0) is 64.1 Å². The second-order valence-electron chi connectivity index (χ2n) is 11.1. The maximum absolute atomic E-state index is 13.2. The normalized spacial score (nSPS) is 15.2. The summed E-state index contributed by atoms with van der Waals surface area (Å²) in [6.45, 7) is 12.2. The SMILES string of the molecule is CCC.CNC(=O)c1c(-c2ccc(Oc3ccc(F)cc3)nc2)oc2cc(N(C)S)c(B3OC(C)(C)C(C)(C)O3)cc12. The van der Waals surface area contributed by atoms with Crippen LogP contribution in [-0.2, 0) is 9.31 Å². The number of ether oxygens (including phenoxy) is 1. The van der Waals surface area contributed by atoms with Crippen LogP contribution in [0.25, 0.3) is 22.3 Å². The Balaban J connectivity index is 0.00000129. The van der Waals surface area contributed by atoms with Crippen molar-refractivity contribution in [2.75, 3.05) is 18.4 Å². The van der Waals surface area contributed by atoms with Crippen molar-refractivity contribution < 1.29 is 27.6 Å². The number of amides is 1. The van der Waals surface area contributed by atoms with Gasteiger partial charge in [0.15, 0.2) is 0 Å². The summed E-state index contributed by atoms with van der Waals surface area (Å²) in [4.78, 5) is 17.5. The maximum Gasteiger partial charge on any atom is 0.497 e. The Morgan fingerprint density at radius 2 is 1.69 bits per heavy atom. The van der Waals surface area contributed by atoms with Crippen LogP contribution in [0.3, 0.4) is 0 Å². The molecule has 0 spiro atoms. The number of benzene rings is 2. The zero-order valence-electron chi connectivity index (χ0n) is 25.2. The van der Waals surface area contributed by atoms with E-state index in [1.54, 1.807) is 36.7 Å². The molecule has 0 unspecified atom stereocenters. The molecule has 3 heterocycles. The third-order valence-electron chi connectivity index (χ3n) is 7.18. The summed E-state index contributed by atoms with van der Waals surface area (Å²) >= 11 is 4.54. The zero-order chi connectivity index (χ0) is 30.8. The number of aromatic nitrogens is 1. The number of carbonyl (C=O) groups excluding carboxylic acids is 1. The number of nitrogens with one attached hydrogen (secondary N) is 1. The highest BCUT2D eigenvalue weighted by Gasteiger charge is 2.52. The van der Waals surface area contributed by atoms with Gasteiger partial charge in [-0.15, -0.1) is 0 Å². The Morgan fingerprint density at radius 1 is 1.07 bits per heavy atom. The lowest BCUT2D eigenvalue weighted by Crippen LogP contribution is -2.41. The Kier molecular flexibility index (Phi) is 9.25. The number of halogens is 1. The lowest BCUT2D eigenvalue weighted by molar-refractivity contribution is 0.00578. The van der Waals surface area contributed by atoms with Gasteiger partial charge in [-0.3, -0.25) is 4.79 Å². The van der Waals surface area contributed by atoms with Crippen molar-refractivity contribution in [3.8, 4) is 23.0 Å². The minimum absolute atomic E-state index is 0.310. The number of fused-ring (bicyclic) bond motifs is 1. The standard InChI is InChI=1S/C28H29BFN3O5S.C3H8/c1-27(2)28(3,4)38-29(37-27)20-13-19-22(14-21(20)33(6)39)36-25(24(19)26(34)31-5)16-7-12-23(32-15-16)35-18-10-8-17(30)9-11-18;1-3-2/h7-15,39H,1-6H3,(H,31,34);3H2,1-2H3. The van der Waals surface area contributed by atoms with Gasteiger partial charge in [0.25, 0.3) is 5.91 Å². The molecule has 5 rings (SSSR count). The molecule has 1 fully saturated rings. The molecule has 1 aliphatic rings. The second-order valence-corrected chi connectivity index (χ2v) is 11.7. The number of anilines is 1. The fourth-order valence-corrected chi connectivity index (χ4v) is 4.51. The van der Waals surface area contributed by atoms with E-state index in [9.17, 15) is 9.18 Å². The first-order chi connectivity index (χ1) is 19.8. The summed E-state index contributed by atoms with van der Waals surface area (Å²) in [6, 6.07) is 12.7. The highest BCUT2D eigenvalue weighted by atomic mass is 32.1. The largest absolute Gasteiger partial charge is 0.497 e. The van der Waals surface area contributed by atoms with E-state index in [1.165, 1.54) is 30.7 Å². The minimum Gasteiger partial charge on any atom is -0.455 e. The molecule has 1 aliphatic heterocycles. The molecule has 2 aromatic carbocycles. The third-order valence-corrected chi connectivity index (χ3v) is 7.40. The number of hydrogen-bond donors (Lipinski definition) is 2. The molecule has 2 aromatic heterocycles. The summed E-state index contributed by atoms with van der Waals surface area (Å²) in [5.74, 6) is 0.438. The molecule has 1 saturated heterocycles. The van der Waals surface area contributed by atoms with Gasteiger partial charge in [0, 0.05) is 54.5 Å². The molecule has 1 N–H and O–H groups in total. The molecular weight excluding hydrogens is 556 g/mol. The minimum atomic E-state index is -0.676. The van der Waals surface area contributed by atoms with Crippen molar-refractivity contribution in [1.82, 2.24) is 10.3 Å². The van der Waals surface area contributed by atoms with Gasteiger partial charge in [-0.1, -0.05) is 33.1 Å². The number of pyridine rings is 1. The fourth-order valence-electron chi connectivity index (χ4n) is 4.34. The number of rotatable bonds is 6. The van der Waals surface area contributed by atoms with Crippen molar-refractivity contribution in [1.29, 1.82) is 0 Å². The van der Waals surface area contributed by atoms with Crippen LogP contribution in [0, 0.1) is 5.82 Å². The Morgan fingerprint density at radius 3 is 2.21 bits per heavy atom. The van der Waals surface area contributed by atoms with Gasteiger partial charge in [0.2, 0.25) is 5.88 Å². The Bertz CT molecular complexity index is 1540. The summed E-state index contributed by atoms with van der Waals surface area (Å²) in [5, 5.41) is 3.31. The van der Waals surface area contributed by atoms with Gasteiger partial charge < -0.3 is 28.1 Å². The van der Waals surface area contributed by atoms with Crippen LogP contribution in [0.2, 0.25) is 0 Å². The van der Waals surface area contributed by atoms with Crippen LogP contribution in [-0.4, -0.2) is 43.3 Å². The molecule has 0 radical (unpaired) electrons. The predicted octanol–water partition coefficient (Wildman–Crippen LogP) is 6.78. The smallest absolute Gasteiger partial charge is 0.455 e. The van der Waals surface area contributed by atoms with E-state index in [0.29, 0.717) is 45.2 Å². The lowest BCUT2D eigenvalue weighted by Gasteiger charge is -2.32. The maximum atomic E-state index is 13.2. The molecule has 222 valence electrons. The van der Waals surface area contributed by atoms with Crippen LogP contribution < -0.4 is 19.8 Å². The van der Waals surface area contributed by atoms with Crippen molar-refractivity contribution in [3.63, 3.8) is 0 Å². The van der Waals surface area contributed by atoms with Crippen molar-refractivity contribution in [2.45, 2.75) is 59.2 Å². The molecule has 11 heteroatoms. The lowest BCUT2D eigenvalue weighted by atomic mass is 9.77. The van der Waals surface area contributed by atoms with Crippen molar-refractivity contribution in [2.24, 2.45) is 0 Å². The van der Waals surface area contributed by atoms with E-state index in [2.05, 4.69) is 37.0 Å². The van der Waals surface area contributed by atoms with Gasteiger partial charge >= 0.3 is 7.12 Å². The summed E-state index contributed by atoms with van der Waals surface area (Å²) in [7, 11) is 2.68. The summed E-state index contributed by atoms with van der Waals surface area (Å²) in [5.41, 5.74) is 1.77. The molecule has 4 aromatic rings. The fraction of sp³-hybridized carbons (Fsp3) is 0.355. The average Bonchev–Trinajstić information content (AvgIpc) is 3.42. The molecule has 0 saturated carbocycles. The quantitative estimate of drug-likeness (QED) is 0.188. The van der Waals surface area contributed by atoms with Crippen LogP contribution in [0.1, 0.15) is 58.3 Å². The average molecular weight is 594 g/mol. The number of thiol groups is 1. The molecule has 42 heavy (non-hydrogen) atoms. The number of furan rings is 1. The highest BCUT2D eigenvalue weighted by molar-refractivity contribution is 7.81. The second kappa shape index (κ2) is 12.4. The van der Waals surface area contributed by atoms with E-state index in [0.717, 1.165) is 5.46 Å². The van der Waals surface area contributed by atoms with Gasteiger partial charge in [-0.25, -0.2) is 9.37 Å². The molecule has 0 aliphatic carbocycles. The monoisotopic (exact) mass is 593 g/mol. The van der Waals surface area contributed by atoms with E-state index < -0.39 is 18.3 Å². The van der Waals surface area contributed by atoms with Crippen LogP contribution >= 0.6 is 12.8 Å². The van der Waals surface area contributed by atoms with Crippen molar-refractivity contribution in [3.05, 3.63) is 66.1 Å². The van der Waals surface area contributed by atoms with E-state index in [-0.39, 0.29) is 11.7 Å². The molecular formula is C31H37BFN3O5S. The topological polar surface area (TPSA) is 86.1 Å². The van der Waals surface area contributed by atoms with Crippen LogP contribution in [0.5, 0.6) is 11.6 Å². The first-order valence-electron chi connectivity index (χ1n) is 13.8. The molecule has 8 nitrogen and oxygen atoms in total. The number of carbonyl (C=O) groups is 1. The zero-order valence-corrected chi connectivity index (χ0v) is 26.1. The number of hydrogen-bond acceptors (Lipinski definition) is 8. The number of nitrogens with zero attached hydrogens (tertiary/aromatic N) is 2. The summed E-state index contributed by atoms with van der Waals surface area (Å²) in [6.07, 6.45) is 2.81. The van der Waals surface area contributed by atoms with Gasteiger partial charge in [-0.2, -0.15) is 0 Å². The van der Waals surface area contributed by atoms with Gasteiger partial charge in [0.05, 0.1) is 16.8 Å². The van der Waals surface area contributed by atoms with E-state index in [1.807, 2.05) is 39.8 Å². The van der Waals surface area contributed by atoms with Crippen LogP contribution in [0.4, 0.5) is 10.1 Å². The first kappa shape index (κ1) is 31.4. The van der Waals surface area contributed by atoms with Gasteiger partial charge in [0.1, 0.15) is 22.9 Å². The first-order valence-corrected chi connectivity index (χ1v) is 14.2. The van der Waals surface area contributed by atoms with E-state index >= 15 is 0 Å². The molecule has 1 amide bonds. The Hall–Kier alpha value is -3.54. The third kappa shape index (κ3) is 6.28. The predicted molar refractivity (Wildman–Crippen MR) is 168 cm³/mol. The van der Waals surface area contributed by atoms with Crippen molar-refractivity contribution >= 4 is 48.0 Å². The molecule has 0 atom stereocenters. The van der Waals surface area contributed by atoms with E-state index in [4.69, 9.17) is 18.5 Å². The summed E-state index contributed by atoms with van der Waals surface area (Å²) < 4.78 is 39.4.